The van der Waals surface area contributed by atoms with Gasteiger partial charge in [-0.25, -0.2) is 0 Å². The number of rotatable bonds is 2. The second-order valence-electron chi connectivity index (χ2n) is 3.54. The predicted molar refractivity (Wildman–Crippen MR) is 42.9 cm³/mol. The summed E-state index contributed by atoms with van der Waals surface area (Å²) in [6.07, 6.45) is 1.83. The summed E-state index contributed by atoms with van der Waals surface area (Å²) in [5.41, 5.74) is 6.04. The van der Waals surface area contributed by atoms with Gasteiger partial charge in [-0.2, -0.15) is 0 Å². The Labute approximate surface area is 66.8 Å². The number of aliphatic hydroxyl groups excluding tert-OH is 1. The van der Waals surface area contributed by atoms with E-state index in [2.05, 4.69) is 0 Å². The minimum atomic E-state index is -0.579. The molecule has 0 fully saturated rings. The molecular formula is C8H15NO2. The van der Waals surface area contributed by atoms with Gasteiger partial charge in [-0.3, -0.25) is 0 Å². The van der Waals surface area contributed by atoms with E-state index in [4.69, 9.17) is 10.5 Å². The molecule has 11 heavy (non-hydrogen) atoms. The monoisotopic (exact) mass is 157 g/mol. The fourth-order valence-electron chi connectivity index (χ4n) is 1.08. The Morgan fingerprint density at radius 3 is 2.73 bits per heavy atom. The van der Waals surface area contributed by atoms with Gasteiger partial charge in [0.25, 0.3) is 0 Å². The van der Waals surface area contributed by atoms with Crippen molar-refractivity contribution in [2.45, 2.75) is 31.9 Å². The number of nitrogens with two attached hydrogens (primary N) is 1. The highest BCUT2D eigenvalue weighted by Crippen LogP contribution is 2.20. The molecular weight excluding hydrogens is 142 g/mol. The lowest BCUT2D eigenvalue weighted by atomic mass is 9.92. The SMILES string of the molecule is CC(C)(N)C(O)C1=COCC1. The van der Waals surface area contributed by atoms with Gasteiger partial charge < -0.3 is 15.6 Å². The van der Waals surface area contributed by atoms with E-state index in [0.717, 1.165) is 12.0 Å². The average Bonchev–Trinajstić information content (AvgIpc) is 2.34. The van der Waals surface area contributed by atoms with Crippen molar-refractivity contribution in [1.29, 1.82) is 0 Å². The van der Waals surface area contributed by atoms with E-state index < -0.39 is 11.6 Å². The van der Waals surface area contributed by atoms with E-state index in [1.54, 1.807) is 20.1 Å². The Morgan fingerprint density at radius 1 is 1.73 bits per heavy atom. The molecule has 1 aliphatic rings. The highest BCUT2D eigenvalue weighted by Gasteiger charge is 2.27. The molecule has 0 aromatic rings. The van der Waals surface area contributed by atoms with Gasteiger partial charge >= 0.3 is 0 Å². The van der Waals surface area contributed by atoms with Crippen LogP contribution in [0.3, 0.4) is 0 Å². The second kappa shape index (κ2) is 2.83. The van der Waals surface area contributed by atoms with Crippen LogP contribution in [0.15, 0.2) is 11.8 Å². The normalized spacial score (nSPS) is 20.9. The van der Waals surface area contributed by atoms with E-state index in [9.17, 15) is 5.11 Å². The van der Waals surface area contributed by atoms with Crippen LogP contribution in [0.1, 0.15) is 20.3 Å². The zero-order valence-electron chi connectivity index (χ0n) is 7.00. The maximum absolute atomic E-state index is 9.61. The number of ether oxygens (including phenoxy) is 1. The minimum Gasteiger partial charge on any atom is -0.501 e. The zero-order chi connectivity index (χ0) is 8.48. The van der Waals surface area contributed by atoms with Crippen LogP contribution in [-0.2, 0) is 4.74 Å². The molecule has 1 unspecified atom stereocenters. The smallest absolute Gasteiger partial charge is 0.0957 e. The van der Waals surface area contributed by atoms with Crippen molar-refractivity contribution >= 4 is 0 Å². The van der Waals surface area contributed by atoms with Crippen LogP contribution in [0.25, 0.3) is 0 Å². The quantitative estimate of drug-likeness (QED) is 0.609. The molecule has 1 heterocycles. The first-order chi connectivity index (χ1) is 5.02. The first kappa shape index (κ1) is 8.56. The third-order valence-electron chi connectivity index (χ3n) is 1.80. The van der Waals surface area contributed by atoms with Gasteiger partial charge in [0.05, 0.1) is 19.0 Å². The molecule has 0 bridgehead atoms. The Kier molecular flexibility index (Phi) is 2.20. The number of aliphatic hydroxyl groups is 1. The predicted octanol–water partition coefficient (Wildman–Crippen LogP) is 0.389. The summed E-state index contributed by atoms with van der Waals surface area (Å²) in [5, 5.41) is 9.61. The largest absolute Gasteiger partial charge is 0.501 e. The fourth-order valence-corrected chi connectivity index (χ4v) is 1.08. The summed E-state index contributed by atoms with van der Waals surface area (Å²) in [6, 6.07) is 0. The van der Waals surface area contributed by atoms with Crippen molar-refractivity contribution in [3.05, 3.63) is 11.8 Å². The van der Waals surface area contributed by atoms with Crippen LogP contribution in [0, 0.1) is 0 Å². The van der Waals surface area contributed by atoms with E-state index >= 15 is 0 Å². The molecule has 0 aliphatic carbocycles. The van der Waals surface area contributed by atoms with Crippen molar-refractivity contribution in [2.75, 3.05) is 6.61 Å². The lowest BCUT2D eigenvalue weighted by Crippen LogP contribution is -2.45. The fraction of sp³-hybridized carbons (Fsp3) is 0.750. The van der Waals surface area contributed by atoms with Crippen molar-refractivity contribution < 1.29 is 9.84 Å². The number of hydrogen-bond donors (Lipinski definition) is 2. The third kappa shape index (κ3) is 1.94. The summed E-state index contributed by atoms with van der Waals surface area (Å²) in [7, 11) is 0. The van der Waals surface area contributed by atoms with Crippen molar-refractivity contribution in [3.8, 4) is 0 Å². The highest BCUT2D eigenvalue weighted by molar-refractivity contribution is 5.13. The van der Waals surface area contributed by atoms with Gasteiger partial charge in [-0.05, 0) is 19.4 Å². The van der Waals surface area contributed by atoms with Crippen LogP contribution in [0.4, 0.5) is 0 Å². The van der Waals surface area contributed by atoms with Crippen LogP contribution in [-0.4, -0.2) is 23.4 Å². The molecule has 3 N–H and O–H groups in total. The molecule has 3 heteroatoms. The molecule has 0 saturated heterocycles. The Hall–Kier alpha value is -0.540. The van der Waals surface area contributed by atoms with Gasteiger partial charge in [0.2, 0.25) is 0 Å². The van der Waals surface area contributed by atoms with Gasteiger partial charge in [0.1, 0.15) is 0 Å². The van der Waals surface area contributed by atoms with Crippen LogP contribution in [0.2, 0.25) is 0 Å². The maximum atomic E-state index is 9.61. The molecule has 0 radical (unpaired) electrons. The zero-order valence-corrected chi connectivity index (χ0v) is 7.00. The Morgan fingerprint density at radius 2 is 2.36 bits per heavy atom. The van der Waals surface area contributed by atoms with Crippen LogP contribution >= 0.6 is 0 Å². The molecule has 0 saturated carbocycles. The van der Waals surface area contributed by atoms with Gasteiger partial charge in [-0.15, -0.1) is 0 Å². The van der Waals surface area contributed by atoms with Gasteiger partial charge in [0, 0.05) is 12.0 Å². The van der Waals surface area contributed by atoms with Crippen molar-refractivity contribution in [1.82, 2.24) is 0 Å². The molecule has 64 valence electrons. The third-order valence-corrected chi connectivity index (χ3v) is 1.80. The van der Waals surface area contributed by atoms with Gasteiger partial charge in [-0.1, -0.05) is 0 Å². The van der Waals surface area contributed by atoms with E-state index in [1.165, 1.54) is 0 Å². The molecule has 0 amide bonds. The van der Waals surface area contributed by atoms with E-state index in [0.29, 0.717) is 6.61 Å². The lowest BCUT2D eigenvalue weighted by molar-refractivity contribution is 0.135. The molecule has 3 nitrogen and oxygen atoms in total. The van der Waals surface area contributed by atoms with Crippen LogP contribution < -0.4 is 5.73 Å². The first-order valence-corrected chi connectivity index (χ1v) is 3.79. The highest BCUT2D eigenvalue weighted by atomic mass is 16.5. The second-order valence-corrected chi connectivity index (χ2v) is 3.54. The Bertz CT molecular complexity index is 169. The van der Waals surface area contributed by atoms with Crippen LogP contribution in [0.5, 0.6) is 0 Å². The number of hydrogen-bond acceptors (Lipinski definition) is 3. The molecule has 0 spiro atoms. The van der Waals surface area contributed by atoms with Gasteiger partial charge in [0.15, 0.2) is 0 Å². The molecule has 1 atom stereocenters. The summed E-state index contributed by atoms with van der Waals surface area (Å²) in [5.74, 6) is 0. The summed E-state index contributed by atoms with van der Waals surface area (Å²) < 4.78 is 5.00. The first-order valence-electron chi connectivity index (χ1n) is 3.79. The average molecular weight is 157 g/mol. The maximum Gasteiger partial charge on any atom is 0.0957 e. The molecule has 0 aromatic carbocycles. The molecule has 0 aromatic heterocycles. The summed E-state index contributed by atoms with van der Waals surface area (Å²) >= 11 is 0. The lowest BCUT2D eigenvalue weighted by Gasteiger charge is -2.25. The van der Waals surface area contributed by atoms with Crippen molar-refractivity contribution in [2.24, 2.45) is 5.73 Å². The summed E-state index contributed by atoms with van der Waals surface area (Å²) in [4.78, 5) is 0. The van der Waals surface area contributed by atoms with E-state index in [-0.39, 0.29) is 0 Å². The Balaban J connectivity index is 2.60. The topological polar surface area (TPSA) is 55.5 Å². The standard InChI is InChI=1S/C8H15NO2/c1-8(2,9)7(10)6-3-4-11-5-6/h5,7,10H,3-4,9H2,1-2H3. The molecule has 1 rings (SSSR count). The summed E-state index contributed by atoms with van der Waals surface area (Å²) in [6.45, 7) is 4.27. The van der Waals surface area contributed by atoms with E-state index in [1.807, 2.05) is 0 Å². The molecule has 1 aliphatic heterocycles. The van der Waals surface area contributed by atoms with Crippen molar-refractivity contribution in [3.63, 3.8) is 0 Å². The minimum absolute atomic E-state index is 0.570.